The van der Waals surface area contributed by atoms with E-state index in [-0.39, 0.29) is 30.2 Å². The maximum absolute atomic E-state index is 13.8. The Morgan fingerprint density at radius 3 is 2.52 bits per heavy atom. The Kier molecular flexibility index (Phi) is 6.78. The number of nitrogens with zero attached hydrogens (tertiary/aromatic N) is 1. The van der Waals surface area contributed by atoms with Gasteiger partial charge in [0, 0.05) is 13.1 Å². The van der Waals surface area contributed by atoms with Crippen LogP contribution in [0.2, 0.25) is 0 Å². The topological polar surface area (TPSA) is 77.8 Å². The number of sulfonamides is 1. The quantitative estimate of drug-likeness (QED) is 0.752. The first-order valence-corrected chi connectivity index (χ1v) is 7.91. The van der Waals surface area contributed by atoms with Gasteiger partial charge in [-0.1, -0.05) is 18.8 Å². The number of halogens is 1. The van der Waals surface area contributed by atoms with Crippen molar-refractivity contribution in [2.75, 3.05) is 26.3 Å². The molecule has 0 aliphatic rings. The fourth-order valence-corrected chi connectivity index (χ4v) is 3.29. The van der Waals surface area contributed by atoms with E-state index in [1.165, 1.54) is 12.1 Å². The summed E-state index contributed by atoms with van der Waals surface area (Å²) in [6.07, 6.45) is 0.585. The van der Waals surface area contributed by atoms with Gasteiger partial charge in [-0.2, -0.15) is 4.31 Å². The third kappa shape index (κ3) is 4.51. The molecule has 0 unspecified atom stereocenters. The molecule has 0 aliphatic carbocycles. The predicted molar refractivity (Wildman–Crippen MR) is 76.5 cm³/mol. The highest BCUT2D eigenvalue weighted by Crippen LogP contribution is 2.19. The number of benzene rings is 1. The lowest BCUT2D eigenvalue weighted by atomic mass is 10.2. The first-order chi connectivity index (χ1) is 9.97. The lowest BCUT2D eigenvalue weighted by Crippen LogP contribution is -2.34. The molecule has 0 amide bonds. The van der Waals surface area contributed by atoms with E-state index in [1.54, 1.807) is 0 Å². The molecular weight excluding hydrogens is 297 g/mol. The van der Waals surface area contributed by atoms with Gasteiger partial charge in [-0.25, -0.2) is 12.8 Å². The van der Waals surface area contributed by atoms with E-state index in [0.717, 1.165) is 10.4 Å². The molecule has 5 nitrogen and oxygen atoms in total. The molecule has 0 atom stereocenters. The molecule has 7 heteroatoms. The largest absolute Gasteiger partial charge is 0.395 e. The predicted octanol–water partition coefficient (Wildman–Crippen LogP) is 0.562. The number of rotatable bonds is 6. The molecule has 21 heavy (non-hydrogen) atoms. The van der Waals surface area contributed by atoms with Crippen molar-refractivity contribution >= 4 is 10.0 Å². The van der Waals surface area contributed by atoms with E-state index in [9.17, 15) is 12.8 Å². The van der Waals surface area contributed by atoms with E-state index >= 15 is 0 Å². The molecular formula is C14H18FNO4S. The second-order valence-corrected chi connectivity index (χ2v) is 6.17. The molecule has 0 aliphatic heterocycles. The first-order valence-electron chi connectivity index (χ1n) is 6.47. The number of aliphatic hydroxyl groups excluding tert-OH is 2. The zero-order chi connectivity index (χ0) is 15.9. The van der Waals surface area contributed by atoms with Crippen LogP contribution in [0.5, 0.6) is 0 Å². The van der Waals surface area contributed by atoms with E-state index in [0.29, 0.717) is 6.42 Å². The minimum absolute atomic E-state index is 0.0206. The smallest absolute Gasteiger partial charge is 0.243 e. The van der Waals surface area contributed by atoms with Crippen molar-refractivity contribution in [2.24, 2.45) is 0 Å². The van der Waals surface area contributed by atoms with Crippen molar-refractivity contribution in [3.05, 3.63) is 29.6 Å². The van der Waals surface area contributed by atoms with E-state index in [1.807, 2.05) is 6.92 Å². The Balaban J connectivity index is 3.16. The third-order valence-electron chi connectivity index (χ3n) is 2.70. The molecule has 116 valence electrons. The van der Waals surface area contributed by atoms with Gasteiger partial charge >= 0.3 is 0 Å². The summed E-state index contributed by atoms with van der Waals surface area (Å²) in [5.41, 5.74) is 0.0206. The number of hydrogen-bond donors (Lipinski definition) is 2. The van der Waals surface area contributed by atoms with Gasteiger partial charge in [0.25, 0.3) is 0 Å². The van der Waals surface area contributed by atoms with E-state index < -0.39 is 22.4 Å². The zero-order valence-electron chi connectivity index (χ0n) is 11.7. The van der Waals surface area contributed by atoms with Crippen LogP contribution in [-0.4, -0.2) is 49.2 Å². The van der Waals surface area contributed by atoms with E-state index in [2.05, 4.69) is 11.8 Å². The summed E-state index contributed by atoms with van der Waals surface area (Å²) >= 11 is 0. The highest BCUT2D eigenvalue weighted by atomic mass is 32.2. The molecule has 1 aromatic rings. The lowest BCUT2D eigenvalue weighted by molar-refractivity contribution is 0.253. The van der Waals surface area contributed by atoms with Crippen molar-refractivity contribution in [1.29, 1.82) is 0 Å². The SMILES string of the molecule is CCCN(CCO)S(=O)(=O)c1ccc(C#CCO)c(F)c1. The summed E-state index contributed by atoms with van der Waals surface area (Å²) in [6.45, 7) is 1.32. The number of hydrogen-bond acceptors (Lipinski definition) is 4. The normalized spacial score (nSPS) is 11.3. The van der Waals surface area contributed by atoms with Gasteiger partial charge in [0.15, 0.2) is 0 Å². The Bertz CT molecular complexity index is 628. The van der Waals surface area contributed by atoms with E-state index in [4.69, 9.17) is 10.2 Å². The average Bonchev–Trinajstić information content (AvgIpc) is 2.45. The summed E-state index contributed by atoms with van der Waals surface area (Å²) in [5, 5.41) is 17.5. The van der Waals surface area contributed by atoms with Gasteiger partial charge in [-0.05, 0) is 24.6 Å². The molecule has 2 N–H and O–H groups in total. The van der Waals surface area contributed by atoms with Crippen molar-refractivity contribution in [2.45, 2.75) is 18.2 Å². The molecule has 0 fully saturated rings. The van der Waals surface area contributed by atoms with Gasteiger partial charge in [-0.3, -0.25) is 0 Å². The number of aliphatic hydroxyl groups is 2. The zero-order valence-corrected chi connectivity index (χ0v) is 12.5. The van der Waals surface area contributed by atoms with Crippen LogP contribution in [0.3, 0.4) is 0 Å². The Morgan fingerprint density at radius 2 is 2.00 bits per heavy atom. The monoisotopic (exact) mass is 315 g/mol. The first kappa shape index (κ1) is 17.6. The molecule has 1 rings (SSSR count). The van der Waals surface area contributed by atoms with Crippen molar-refractivity contribution in [1.82, 2.24) is 4.31 Å². The highest BCUT2D eigenvalue weighted by Gasteiger charge is 2.24. The van der Waals surface area contributed by atoms with Crippen LogP contribution in [0, 0.1) is 17.7 Å². The fourth-order valence-electron chi connectivity index (χ4n) is 1.75. The van der Waals surface area contributed by atoms with Crippen LogP contribution < -0.4 is 0 Å². The van der Waals surface area contributed by atoms with Crippen LogP contribution in [0.4, 0.5) is 4.39 Å². The maximum atomic E-state index is 13.8. The summed E-state index contributed by atoms with van der Waals surface area (Å²) < 4.78 is 39.7. The second-order valence-electron chi connectivity index (χ2n) is 4.23. The lowest BCUT2D eigenvalue weighted by Gasteiger charge is -2.20. The van der Waals surface area contributed by atoms with Gasteiger partial charge in [0.2, 0.25) is 10.0 Å². The highest BCUT2D eigenvalue weighted by molar-refractivity contribution is 7.89. The Morgan fingerprint density at radius 1 is 1.29 bits per heavy atom. The molecule has 0 aromatic heterocycles. The van der Waals surface area contributed by atoms with Gasteiger partial charge < -0.3 is 10.2 Å². The summed E-state index contributed by atoms with van der Waals surface area (Å²) in [6, 6.07) is 3.42. The van der Waals surface area contributed by atoms with Crippen LogP contribution in [0.1, 0.15) is 18.9 Å². The van der Waals surface area contributed by atoms with Crippen LogP contribution in [-0.2, 0) is 10.0 Å². The standard InChI is InChI=1S/C14H18FNO4S/c1-2-7-16(8-10-18)21(19,20)13-6-5-12(4-3-9-17)14(15)11-13/h5-6,11,17-18H,2,7-10H2,1H3. The third-order valence-corrected chi connectivity index (χ3v) is 4.60. The fraction of sp³-hybridized carbons (Fsp3) is 0.429. The second kappa shape index (κ2) is 8.10. The van der Waals surface area contributed by atoms with Crippen molar-refractivity contribution < 1.29 is 23.0 Å². The van der Waals surface area contributed by atoms with Gasteiger partial charge in [0.1, 0.15) is 12.4 Å². The van der Waals surface area contributed by atoms with Crippen LogP contribution >= 0.6 is 0 Å². The molecule has 0 saturated heterocycles. The summed E-state index contributed by atoms with van der Waals surface area (Å²) in [5.74, 6) is 3.93. The van der Waals surface area contributed by atoms with Gasteiger partial charge in [-0.15, -0.1) is 0 Å². The van der Waals surface area contributed by atoms with Crippen LogP contribution in [0.15, 0.2) is 23.1 Å². The summed E-state index contributed by atoms with van der Waals surface area (Å²) in [7, 11) is -3.85. The maximum Gasteiger partial charge on any atom is 0.243 e. The summed E-state index contributed by atoms with van der Waals surface area (Å²) in [4.78, 5) is -0.184. The van der Waals surface area contributed by atoms with Gasteiger partial charge in [0.05, 0.1) is 17.1 Å². The molecule has 1 aromatic carbocycles. The minimum atomic E-state index is -3.85. The Labute approximate surface area is 124 Å². The minimum Gasteiger partial charge on any atom is -0.395 e. The molecule has 0 saturated carbocycles. The van der Waals surface area contributed by atoms with Crippen molar-refractivity contribution in [3.63, 3.8) is 0 Å². The van der Waals surface area contributed by atoms with Crippen LogP contribution in [0.25, 0.3) is 0 Å². The molecule has 0 heterocycles. The van der Waals surface area contributed by atoms with Crippen molar-refractivity contribution in [3.8, 4) is 11.8 Å². The molecule has 0 spiro atoms. The molecule has 0 bridgehead atoms. The Hall–Kier alpha value is -1.46. The average molecular weight is 315 g/mol. The molecule has 0 radical (unpaired) electrons.